The Hall–Kier alpha value is -1.50. The fourth-order valence-corrected chi connectivity index (χ4v) is 2.99. The molecular formula is C14H19N3O2S. The normalized spacial score (nSPS) is 13.5. The van der Waals surface area contributed by atoms with Gasteiger partial charge in [-0.15, -0.1) is 0 Å². The summed E-state index contributed by atoms with van der Waals surface area (Å²) in [6, 6.07) is 9.68. The fraction of sp³-hybridized carbons (Fsp3) is 0.357. The van der Waals surface area contributed by atoms with E-state index in [1.165, 1.54) is 6.26 Å². The molecule has 2 aromatic rings. The van der Waals surface area contributed by atoms with Crippen molar-refractivity contribution in [2.45, 2.75) is 18.9 Å². The van der Waals surface area contributed by atoms with Crippen molar-refractivity contribution in [2.24, 2.45) is 5.84 Å². The first-order valence-electron chi connectivity index (χ1n) is 6.49. The van der Waals surface area contributed by atoms with Crippen LogP contribution in [-0.2, 0) is 9.84 Å². The fourth-order valence-electron chi connectivity index (χ4n) is 2.30. The van der Waals surface area contributed by atoms with Gasteiger partial charge < -0.3 is 0 Å². The van der Waals surface area contributed by atoms with Crippen LogP contribution < -0.4 is 11.3 Å². The average Bonchev–Trinajstić information content (AvgIpc) is 2.42. The predicted octanol–water partition coefficient (Wildman–Crippen LogP) is 1.56. The summed E-state index contributed by atoms with van der Waals surface area (Å²) in [4.78, 5) is 4.31. The number of hydrazine groups is 1. The van der Waals surface area contributed by atoms with Crippen molar-refractivity contribution in [2.75, 3.05) is 12.0 Å². The van der Waals surface area contributed by atoms with Gasteiger partial charge in [0.05, 0.1) is 5.52 Å². The van der Waals surface area contributed by atoms with Crippen LogP contribution >= 0.6 is 0 Å². The van der Waals surface area contributed by atoms with Gasteiger partial charge in [-0.2, -0.15) is 0 Å². The third kappa shape index (κ3) is 3.75. The number of benzene rings is 1. The highest BCUT2D eigenvalue weighted by Crippen LogP contribution is 2.25. The van der Waals surface area contributed by atoms with Gasteiger partial charge in [0.1, 0.15) is 9.84 Å². The van der Waals surface area contributed by atoms with Crippen molar-refractivity contribution < 1.29 is 8.42 Å². The van der Waals surface area contributed by atoms with E-state index in [4.69, 9.17) is 5.84 Å². The molecule has 0 bridgehead atoms. The molecule has 6 heteroatoms. The van der Waals surface area contributed by atoms with Gasteiger partial charge in [-0.1, -0.05) is 18.2 Å². The third-order valence-electron chi connectivity index (χ3n) is 3.27. The van der Waals surface area contributed by atoms with Gasteiger partial charge in [0.2, 0.25) is 0 Å². The molecule has 0 amide bonds. The van der Waals surface area contributed by atoms with E-state index in [0.717, 1.165) is 16.5 Å². The first kappa shape index (κ1) is 14.9. The molecule has 5 nitrogen and oxygen atoms in total. The first-order chi connectivity index (χ1) is 9.51. The zero-order chi connectivity index (χ0) is 14.6. The van der Waals surface area contributed by atoms with Crippen molar-refractivity contribution in [1.82, 2.24) is 10.4 Å². The van der Waals surface area contributed by atoms with Crippen LogP contribution in [0, 0.1) is 0 Å². The van der Waals surface area contributed by atoms with Gasteiger partial charge in [0.15, 0.2) is 0 Å². The molecule has 0 aliphatic heterocycles. The summed E-state index contributed by atoms with van der Waals surface area (Å²) in [5.74, 6) is 5.80. The molecule has 1 atom stereocenters. The lowest BCUT2D eigenvalue weighted by molar-refractivity contribution is 0.510. The number of para-hydroxylation sites is 1. The van der Waals surface area contributed by atoms with Crippen molar-refractivity contribution >= 4 is 20.7 Å². The maximum Gasteiger partial charge on any atom is 0.147 e. The summed E-state index contributed by atoms with van der Waals surface area (Å²) in [5, 5.41) is 1.04. The number of hydrogen-bond acceptors (Lipinski definition) is 5. The second kappa shape index (κ2) is 6.30. The number of nitrogens with two attached hydrogens (primary N) is 1. The van der Waals surface area contributed by atoms with Crippen LogP contribution in [0.3, 0.4) is 0 Å². The average molecular weight is 293 g/mol. The lowest BCUT2D eigenvalue weighted by Gasteiger charge is -2.17. The number of fused-ring (bicyclic) bond motifs is 1. The van der Waals surface area contributed by atoms with Gasteiger partial charge >= 0.3 is 0 Å². The van der Waals surface area contributed by atoms with E-state index < -0.39 is 9.84 Å². The Kier molecular flexibility index (Phi) is 4.69. The predicted molar refractivity (Wildman–Crippen MR) is 80.8 cm³/mol. The minimum atomic E-state index is -2.93. The Morgan fingerprint density at radius 2 is 2.05 bits per heavy atom. The van der Waals surface area contributed by atoms with E-state index in [2.05, 4.69) is 10.4 Å². The number of nitrogens with zero attached hydrogens (tertiary/aromatic N) is 1. The Labute approximate surface area is 119 Å². The number of rotatable bonds is 6. The maximum atomic E-state index is 11.2. The van der Waals surface area contributed by atoms with Gasteiger partial charge in [-0.05, 0) is 30.5 Å². The summed E-state index contributed by atoms with van der Waals surface area (Å²) in [6.07, 6.45) is 4.24. The van der Waals surface area contributed by atoms with E-state index in [-0.39, 0.29) is 11.8 Å². The van der Waals surface area contributed by atoms with E-state index >= 15 is 0 Å². The van der Waals surface area contributed by atoms with Gasteiger partial charge in [-0.3, -0.25) is 16.3 Å². The van der Waals surface area contributed by atoms with Crippen molar-refractivity contribution in [3.8, 4) is 0 Å². The number of pyridine rings is 1. The van der Waals surface area contributed by atoms with E-state index in [9.17, 15) is 8.42 Å². The van der Waals surface area contributed by atoms with E-state index in [0.29, 0.717) is 12.8 Å². The zero-order valence-electron chi connectivity index (χ0n) is 11.4. The monoisotopic (exact) mass is 293 g/mol. The molecule has 0 aliphatic carbocycles. The minimum absolute atomic E-state index is 0.0790. The minimum Gasteiger partial charge on any atom is -0.271 e. The second-order valence-electron chi connectivity index (χ2n) is 4.91. The summed E-state index contributed by atoms with van der Waals surface area (Å²) >= 11 is 0. The smallest absolute Gasteiger partial charge is 0.147 e. The van der Waals surface area contributed by atoms with Crippen LogP contribution in [0.15, 0.2) is 36.5 Å². The number of aromatic nitrogens is 1. The number of hydrogen-bond donors (Lipinski definition) is 2. The van der Waals surface area contributed by atoms with Gasteiger partial charge in [0.25, 0.3) is 0 Å². The topological polar surface area (TPSA) is 85.1 Å². The third-order valence-corrected chi connectivity index (χ3v) is 4.30. The molecule has 0 saturated heterocycles. The molecule has 0 radical (unpaired) electrons. The Morgan fingerprint density at radius 3 is 2.75 bits per heavy atom. The maximum absolute atomic E-state index is 11.2. The summed E-state index contributed by atoms with van der Waals surface area (Å²) in [7, 11) is -2.93. The molecule has 3 N–H and O–H groups in total. The van der Waals surface area contributed by atoms with Crippen molar-refractivity contribution in [3.63, 3.8) is 0 Å². The van der Waals surface area contributed by atoms with Crippen LogP contribution in [0.5, 0.6) is 0 Å². The Balaban J connectivity index is 2.21. The molecule has 0 aliphatic rings. The highest BCUT2D eigenvalue weighted by atomic mass is 32.2. The molecule has 1 aromatic carbocycles. The molecule has 1 unspecified atom stereocenters. The first-order valence-corrected chi connectivity index (χ1v) is 8.55. The van der Waals surface area contributed by atoms with Crippen LogP contribution in [0.4, 0.5) is 0 Å². The Morgan fingerprint density at radius 1 is 1.30 bits per heavy atom. The molecule has 1 aromatic heterocycles. The molecule has 0 fully saturated rings. The molecule has 0 saturated carbocycles. The van der Waals surface area contributed by atoms with Crippen molar-refractivity contribution in [3.05, 3.63) is 42.1 Å². The lowest BCUT2D eigenvalue weighted by Crippen LogP contribution is -2.28. The summed E-state index contributed by atoms with van der Waals surface area (Å²) in [6.45, 7) is 0. The van der Waals surface area contributed by atoms with E-state index in [1.54, 1.807) is 6.20 Å². The quantitative estimate of drug-likeness (QED) is 0.623. The lowest BCUT2D eigenvalue weighted by atomic mass is 9.99. The number of sulfone groups is 1. The highest BCUT2D eigenvalue weighted by molar-refractivity contribution is 7.90. The largest absolute Gasteiger partial charge is 0.271 e. The van der Waals surface area contributed by atoms with E-state index in [1.807, 2.05) is 30.3 Å². The molecule has 0 spiro atoms. The molecule has 2 rings (SSSR count). The van der Waals surface area contributed by atoms with Crippen LogP contribution in [0.2, 0.25) is 0 Å². The summed E-state index contributed by atoms with van der Waals surface area (Å²) < 4.78 is 22.4. The summed E-state index contributed by atoms with van der Waals surface area (Å²) in [5.41, 5.74) is 4.73. The second-order valence-corrected chi connectivity index (χ2v) is 7.17. The Bertz CT molecular complexity index is 680. The number of nitrogens with one attached hydrogen (secondary N) is 1. The van der Waals surface area contributed by atoms with Crippen LogP contribution in [0.25, 0.3) is 10.9 Å². The SMILES string of the molecule is CS(=O)(=O)CCCC(NN)c1ccnc2ccccc12. The van der Waals surface area contributed by atoms with Crippen LogP contribution in [-0.4, -0.2) is 25.4 Å². The van der Waals surface area contributed by atoms with Crippen molar-refractivity contribution in [1.29, 1.82) is 0 Å². The zero-order valence-corrected chi connectivity index (χ0v) is 12.2. The standard InChI is InChI=1S/C14H19N3O2S/c1-20(18,19)10-4-7-14(17-15)12-8-9-16-13-6-3-2-5-11(12)13/h2-3,5-6,8-9,14,17H,4,7,10,15H2,1H3. The van der Waals surface area contributed by atoms with Gasteiger partial charge in [0, 0.05) is 29.6 Å². The molecular weight excluding hydrogens is 274 g/mol. The highest BCUT2D eigenvalue weighted by Gasteiger charge is 2.14. The molecule has 1 heterocycles. The van der Waals surface area contributed by atoms with Gasteiger partial charge in [-0.25, -0.2) is 8.42 Å². The molecule has 108 valence electrons. The van der Waals surface area contributed by atoms with Crippen LogP contribution in [0.1, 0.15) is 24.4 Å². The molecule has 20 heavy (non-hydrogen) atoms.